The molecule has 0 bridgehead atoms. The average molecular weight is 260 g/mol. The first-order valence-electron chi connectivity index (χ1n) is 7.28. The number of fused-ring (bicyclic) bond motifs is 1. The van der Waals surface area contributed by atoms with Crippen molar-refractivity contribution in [3.05, 3.63) is 29.3 Å². The largest absolute Gasteiger partial charge is 0.380 e. The minimum Gasteiger partial charge on any atom is -0.380 e. The van der Waals surface area contributed by atoms with Gasteiger partial charge in [-0.1, -0.05) is 19.1 Å². The van der Waals surface area contributed by atoms with E-state index in [9.17, 15) is 0 Å². The van der Waals surface area contributed by atoms with Crippen molar-refractivity contribution in [3.63, 3.8) is 0 Å². The third-order valence-corrected chi connectivity index (χ3v) is 4.28. The third-order valence-electron chi connectivity index (χ3n) is 4.28. The summed E-state index contributed by atoms with van der Waals surface area (Å²) < 4.78 is 5.28. The fourth-order valence-corrected chi connectivity index (χ4v) is 3.01. The van der Waals surface area contributed by atoms with Crippen LogP contribution in [0.3, 0.4) is 0 Å². The van der Waals surface area contributed by atoms with Gasteiger partial charge in [0.1, 0.15) is 0 Å². The normalized spacial score (nSPS) is 20.8. The Balaban J connectivity index is 1.59. The van der Waals surface area contributed by atoms with Gasteiger partial charge in [-0.15, -0.1) is 0 Å². The molecule has 0 atom stereocenters. The summed E-state index contributed by atoms with van der Waals surface area (Å²) in [6.45, 7) is 7.27. The van der Waals surface area contributed by atoms with Crippen molar-refractivity contribution in [2.24, 2.45) is 5.41 Å². The first-order chi connectivity index (χ1) is 9.16. The fourth-order valence-electron chi connectivity index (χ4n) is 3.01. The lowest BCUT2D eigenvalue weighted by Crippen LogP contribution is -2.47. The molecule has 3 rings (SSSR count). The highest BCUT2D eigenvalue weighted by atomic mass is 16.5. The van der Waals surface area contributed by atoms with E-state index in [1.165, 1.54) is 36.2 Å². The molecule has 1 N–H and O–H groups in total. The van der Waals surface area contributed by atoms with Crippen LogP contribution >= 0.6 is 0 Å². The van der Waals surface area contributed by atoms with Crippen molar-refractivity contribution in [1.82, 2.24) is 5.32 Å². The van der Waals surface area contributed by atoms with Gasteiger partial charge in [-0.2, -0.15) is 0 Å². The summed E-state index contributed by atoms with van der Waals surface area (Å²) in [5, 5.41) is 3.57. The SMILES string of the molecule is CN1CCCc2cc(CNCC3(C)COC3)ccc21. The lowest BCUT2D eigenvalue weighted by atomic mass is 9.88. The van der Waals surface area contributed by atoms with Crippen molar-refractivity contribution in [2.45, 2.75) is 26.3 Å². The van der Waals surface area contributed by atoms with Crippen LogP contribution in [0.4, 0.5) is 5.69 Å². The molecule has 104 valence electrons. The molecule has 19 heavy (non-hydrogen) atoms. The Morgan fingerprint density at radius 2 is 2.21 bits per heavy atom. The highest BCUT2D eigenvalue weighted by Crippen LogP contribution is 2.27. The van der Waals surface area contributed by atoms with Crippen molar-refractivity contribution in [3.8, 4) is 0 Å². The number of rotatable bonds is 4. The van der Waals surface area contributed by atoms with Gasteiger partial charge in [-0.05, 0) is 30.0 Å². The van der Waals surface area contributed by atoms with E-state index in [0.29, 0.717) is 5.41 Å². The molecule has 2 heterocycles. The molecular weight excluding hydrogens is 236 g/mol. The molecule has 0 unspecified atom stereocenters. The molecule has 2 aliphatic heterocycles. The Bertz CT molecular complexity index is 454. The van der Waals surface area contributed by atoms with E-state index in [-0.39, 0.29) is 0 Å². The number of ether oxygens (including phenoxy) is 1. The zero-order valence-corrected chi connectivity index (χ0v) is 12.0. The number of nitrogens with one attached hydrogen (secondary N) is 1. The molecule has 0 aromatic heterocycles. The maximum Gasteiger partial charge on any atom is 0.0554 e. The summed E-state index contributed by atoms with van der Waals surface area (Å²) in [7, 11) is 2.19. The maximum absolute atomic E-state index is 5.28. The van der Waals surface area contributed by atoms with Crippen LogP contribution in [0.25, 0.3) is 0 Å². The predicted octanol–water partition coefficient (Wildman–Crippen LogP) is 2.20. The van der Waals surface area contributed by atoms with E-state index in [2.05, 4.69) is 42.4 Å². The van der Waals surface area contributed by atoms with Crippen LogP contribution in [0.1, 0.15) is 24.5 Å². The van der Waals surface area contributed by atoms with E-state index >= 15 is 0 Å². The Labute approximate surface area is 115 Å². The standard InChI is InChI=1S/C16H24N2O/c1-16(11-19-12-16)10-17-9-13-5-6-15-14(8-13)4-3-7-18(15)2/h5-6,8,17H,3-4,7,9-12H2,1-2H3. The van der Waals surface area contributed by atoms with Crippen molar-refractivity contribution in [1.29, 1.82) is 0 Å². The highest BCUT2D eigenvalue weighted by molar-refractivity contribution is 5.56. The van der Waals surface area contributed by atoms with Crippen molar-refractivity contribution >= 4 is 5.69 Å². The van der Waals surface area contributed by atoms with Crippen molar-refractivity contribution in [2.75, 3.05) is 38.3 Å². The summed E-state index contributed by atoms with van der Waals surface area (Å²) in [6, 6.07) is 6.91. The van der Waals surface area contributed by atoms with Crippen LogP contribution in [0, 0.1) is 5.41 Å². The van der Waals surface area contributed by atoms with Gasteiger partial charge in [0.05, 0.1) is 13.2 Å². The van der Waals surface area contributed by atoms with E-state index in [0.717, 1.165) is 26.3 Å². The number of aryl methyl sites for hydroxylation is 1. The van der Waals surface area contributed by atoms with Crippen LogP contribution in [0.5, 0.6) is 0 Å². The summed E-state index contributed by atoms with van der Waals surface area (Å²) in [5.41, 5.74) is 4.67. The predicted molar refractivity (Wildman–Crippen MR) is 78.7 cm³/mol. The molecule has 1 fully saturated rings. The highest BCUT2D eigenvalue weighted by Gasteiger charge is 2.32. The van der Waals surface area contributed by atoms with E-state index in [1.54, 1.807) is 0 Å². The molecule has 0 saturated carbocycles. The average Bonchev–Trinajstić information content (AvgIpc) is 2.37. The molecule has 0 amide bonds. The minimum absolute atomic E-state index is 0.356. The van der Waals surface area contributed by atoms with Gasteiger partial charge in [0, 0.05) is 37.8 Å². The second-order valence-corrected chi connectivity index (χ2v) is 6.40. The molecule has 1 saturated heterocycles. The summed E-state index contributed by atoms with van der Waals surface area (Å²) in [6.07, 6.45) is 2.49. The molecule has 0 aliphatic carbocycles. The Morgan fingerprint density at radius 1 is 1.37 bits per heavy atom. The molecule has 0 radical (unpaired) electrons. The van der Waals surface area contributed by atoms with Gasteiger partial charge in [0.25, 0.3) is 0 Å². The van der Waals surface area contributed by atoms with E-state index in [1.807, 2.05) is 0 Å². The monoisotopic (exact) mass is 260 g/mol. The summed E-state index contributed by atoms with van der Waals surface area (Å²) in [5.74, 6) is 0. The van der Waals surface area contributed by atoms with Gasteiger partial charge in [-0.25, -0.2) is 0 Å². The lowest BCUT2D eigenvalue weighted by Gasteiger charge is -2.38. The number of nitrogens with zero attached hydrogens (tertiary/aromatic N) is 1. The van der Waals surface area contributed by atoms with Crippen molar-refractivity contribution < 1.29 is 4.74 Å². The molecule has 1 aromatic carbocycles. The van der Waals surface area contributed by atoms with Gasteiger partial charge in [0.15, 0.2) is 0 Å². The minimum atomic E-state index is 0.356. The Hall–Kier alpha value is -1.06. The van der Waals surface area contributed by atoms with Crippen LogP contribution < -0.4 is 10.2 Å². The number of hydrogen-bond donors (Lipinski definition) is 1. The summed E-state index contributed by atoms with van der Waals surface area (Å²) >= 11 is 0. The fraction of sp³-hybridized carbons (Fsp3) is 0.625. The number of anilines is 1. The smallest absolute Gasteiger partial charge is 0.0554 e. The second-order valence-electron chi connectivity index (χ2n) is 6.40. The lowest BCUT2D eigenvalue weighted by molar-refractivity contribution is -0.0991. The summed E-state index contributed by atoms with van der Waals surface area (Å²) in [4.78, 5) is 2.36. The Morgan fingerprint density at radius 3 is 2.95 bits per heavy atom. The van der Waals surface area contributed by atoms with Crippen LogP contribution in [0.15, 0.2) is 18.2 Å². The molecular formula is C16H24N2O. The zero-order valence-electron chi connectivity index (χ0n) is 12.0. The zero-order chi connectivity index (χ0) is 13.3. The number of hydrogen-bond acceptors (Lipinski definition) is 3. The second kappa shape index (κ2) is 5.14. The van der Waals surface area contributed by atoms with Crippen LogP contribution in [-0.2, 0) is 17.7 Å². The van der Waals surface area contributed by atoms with E-state index in [4.69, 9.17) is 4.74 Å². The van der Waals surface area contributed by atoms with Gasteiger partial charge in [-0.3, -0.25) is 0 Å². The van der Waals surface area contributed by atoms with Gasteiger partial charge >= 0.3 is 0 Å². The van der Waals surface area contributed by atoms with Crippen LogP contribution in [0.2, 0.25) is 0 Å². The molecule has 0 spiro atoms. The maximum atomic E-state index is 5.28. The van der Waals surface area contributed by atoms with Gasteiger partial charge in [0.2, 0.25) is 0 Å². The first-order valence-corrected chi connectivity index (χ1v) is 7.28. The topological polar surface area (TPSA) is 24.5 Å². The van der Waals surface area contributed by atoms with E-state index < -0.39 is 0 Å². The van der Waals surface area contributed by atoms with Crippen LogP contribution in [-0.4, -0.2) is 33.4 Å². The van der Waals surface area contributed by atoms with Gasteiger partial charge < -0.3 is 15.0 Å². The molecule has 3 nitrogen and oxygen atoms in total. The third kappa shape index (κ3) is 2.77. The molecule has 1 aromatic rings. The quantitative estimate of drug-likeness (QED) is 0.898. The number of benzene rings is 1. The molecule has 2 aliphatic rings. The first kappa shape index (κ1) is 12.9. The molecule has 3 heteroatoms. The Kier molecular flexibility index (Phi) is 3.50.